The molecule has 0 fully saturated rings. The van der Waals surface area contributed by atoms with Crippen LogP contribution in [0, 0.1) is 13.8 Å². The van der Waals surface area contributed by atoms with Gasteiger partial charge in [-0.1, -0.05) is 0 Å². The van der Waals surface area contributed by atoms with Crippen molar-refractivity contribution in [2.24, 2.45) is 0 Å². The Bertz CT molecular complexity index is 466. The van der Waals surface area contributed by atoms with E-state index in [1.165, 1.54) is 9.75 Å². The second kappa shape index (κ2) is 5.95. The van der Waals surface area contributed by atoms with Crippen LogP contribution in [-0.2, 0) is 10.0 Å². The quantitative estimate of drug-likeness (QED) is 0.829. The van der Waals surface area contributed by atoms with Gasteiger partial charge in [-0.3, -0.25) is 0 Å². The van der Waals surface area contributed by atoms with E-state index in [0.29, 0.717) is 6.54 Å². The second-order valence-corrected chi connectivity index (χ2v) is 7.46. The van der Waals surface area contributed by atoms with Gasteiger partial charge in [0, 0.05) is 22.3 Å². The monoisotopic (exact) mass is 276 g/mol. The van der Waals surface area contributed by atoms with E-state index >= 15 is 0 Å². The molecule has 1 aromatic rings. The number of thiophene rings is 1. The molecule has 4 nitrogen and oxygen atoms in total. The van der Waals surface area contributed by atoms with E-state index in [-0.39, 0.29) is 11.8 Å². The highest BCUT2D eigenvalue weighted by atomic mass is 32.2. The van der Waals surface area contributed by atoms with E-state index in [2.05, 4.69) is 10.0 Å². The van der Waals surface area contributed by atoms with Gasteiger partial charge < -0.3 is 5.32 Å². The van der Waals surface area contributed by atoms with Crippen LogP contribution in [0.2, 0.25) is 0 Å². The van der Waals surface area contributed by atoms with Crippen LogP contribution in [0.4, 0.5) is 0 Å². The van der Waals surface area contributed by atoms with Crippen molar-refractivity contribution in [3.63, 3.8) is 0 Å². The Morgan fingerprint density at radius 3 is 2.53 bits per heavy atom. The molecule has 0 aliphatic rings. The zero-order chi connectivity index (χ0) is 13.1. The topological polar surface area (TPSA) is 58.2 Å². The van der Waals surface area contributed by atoms with E-state index in [1.807, 2.05) is 26.8 Å². The van der Waals surface area contributed by atoms with Crippen molar-refractivity contribution in [3.05, 3.63) is 21.4 Å². The fourth-order valence-corrected chi connectivity index (χ4v) is 3.99. The summed E-state index contributed by atoms with van der Waals surface area (Å²) in [6.07, 6.45) is 0. The van der Waals surface area contributed by atoms with Crippen molar-refractivity contribution in [1.82, 2.24) is 10.0 Å². The standard InChI is InChI=1S/C11H20N2O2S2/c1-8-7-11(10(3)16-8)9(2)13-17(14,15)6-5-12-4/h7,9,12-13H,5-6H2,1-4H3. The normalized spacial score (nSPS) is 13.9. The first-order chi connectivity index (χ1) is 7.85. The average Bonchev–Trinajstić information content (AvgIpc) is 2.54. The van der Waals surface area contributed by atoms with Crippen molar-refractivity contribution in [3.8, 4) is 0 Å². The van der Waals surface area contributed by atoms with Crippen LogP contribution in [-0.4, -0.2) is 27.8 Å². The van der Waals surface area contributed by atoms with Gasteiger partial charge in [-0.05, 0) is 39.4 Å². The molecular formula is C11H20N2O2S2. The molecule has 0 aliphatic carbocycles. The largest absolute Gasteiger partial charge is 0.319 e. The molecule has 0 spiro atoms. The van der Waals surface area contributed by atoms with Crippen molar-refractivity contribution in [2.75, 3.05) is 19.3 Å². The van der Waals surface area contributed by atoms with Crippen LogP contribution in [0.3, 0.4) is 0 Å². The molecule has 0 radical (unpaired) electrons. The summed E-state index contributed by atoms with van der Waals surface area (Å²) in [6, 6.07) is 1.88. The van der Waals surface area contributed by atoms with Crippen LogP contribution < -0.4 is 10.0 Å². The summed E-state index contributed by atoms with van der Waals surface area (Å²) >= 11 is 1.69. The Kier molecular flexibility index (Phi) is 5.12. The smallest absolute Gasteiger partial charge is 0.213 e. The Hall–Kier alpha value is -0.430. The molecule has 0 aliphatic heterocycles. The van der Waals surface area contributed by atoms with Crippen molar-refractivity contribution in [1.29, 1.82) is 0 Å². The highest BCUT2D eigenvalue weighted by Crippen LogP contribution is 2.26. The highest BCUT2D eigenvalue weighted by Gasteiger charge is 2.17. The number of rotatable bonds is 6. The fourth-order valence-electron chi connectivity index (χ4n) is 1.71. The molecule has 1 unspecified atom stereocenters. The third kappa shape index (κ3) is 4.39. The van der Waals surface area contributed by atoms with Gasteiger partial charge >= 0.3 is 0 Å². The van der Waals surface area contributed by atoms with Gasteiger partial charge in [-0.25, -0.2) is 13.1 Å². The van der Waals surface area contributed by atoms with E-state index in [9.17, 15) is 8.42 Å². The molecule has 1 aromatic heterocycles. The third-order valence-electron chi connectivity index (χ3n) is 2.52. The molecule has 0 amide bonds. The maximum atomic E-state index is 11.7. The molecule has 1 rings (SSSR count). The lowest BCUT2D eigenvalue weighted by molar-refractivity contribution is 0.564. The van der Waals surface area contributed by atoms with Gasteiger partial charge in [0.2, 0.25) is 10.0 Å². The zero-order valence-corrected chi connectivity index (χ0v) is 12.3. The van der Waals surface area contributed by atoms with Crippen molar-refractivity contribution >= 4 is 21.4 Å². The number of nitrogens with one attached hydrogen (secondary N) is 2. The molecule has 98 valence electrons. The Morgan fingerprint density at radius 2 is 2.06 bits per heavy atom. The lowest BCUT2D eigenvalue weighted by atomic mass is 10.1. The van der Waals surface area contributed by atoms with E-state index in [0.717, 1.165) is 5.56 Å². The highest BCUT2D eigenvalue weighted by molar-refractivity contribution is 7.89. The summed E-state index contributed by atoms with van der Waals surface area (Å²) in [6.45, 7) is 6.39. The Balaban J connectivity index is 2.72. The molecule has 6 heteroatoms. The summed E-state index contributed by atoms with van der Waals surface area (Å²) < 4.78 is 26.2. The van der Waals surface area contributed by atoms with Crippen LogP contribution in [0.5, 0.6) is 0 Å². The van der Waals surface area contributed by atoms with Gasteiger partial charge in [0.25, 0.3) is 0 Å². The number of aryl methyl sites for hydroxylation is 2. The summed E-state index contributed by atoms with van der Waals surface area (Å²) in [5.74, 6) is 0.107. The van der Waals surface area contributed by atoms with Crippen molar-refractivity contribution in [2.45, 2.75) is 26.8 Å². The predicted octanol–water partition coefficient (Wildman–Crippen LogP) is 1.56. The lowest BCUT2D eigenvalue weighted by Crippen LogP contribution is -2.32. The van der Waals surface area contributed by atoms with Crippen LogP contribution in [0.1, 0.15) is 28.3 Å². The average molecular weight is 276 g/mol. The van der Waals surface area contributed by atoms with E-state index in [1.54, 1.807) is 18.4 Å². The molecule has 0 bridgehead atoms. The summed E-state index contributed by atoms with van der Waals surface area (Å²) in [7, 11) is -1.47. The van der Waals surface area contributed by atoms with Crippen LogP contribution >= 0.6 is 11.3 Å². The number of sulfonamides is 1. The minimum atomic E-state index is -3.21. The van der Waals surface area contributed by atoms with Gasteiger partial charge in [0.05, 0.1) is 5.75 Å². The van der Waals surface area contributed by atoms with Crippen LogP contribution in [0.15, 0.2) is 6.07 Å². The molecule has 1 heterocycles. The first-order valence-corrected chi connectivity index (χ1v) is 8.04. The fraction of sp³-hybridized carbons (Fsp3) is 0.636. The molecule has 1 atom stereocenters. The zero-order valence-electron chi connectivity index (χ0n) is 10.7. The van der Waals surface area contributed by atoms with Crippen LogP contribution in [0.25, 0.3) is 0 Å². The first-order valence-electron chi connectivity index (χ1n) is 5.57. The maximum absolute atomic E-state index is 11.7. The molecule has 2 N–H and O–H groups in total. The molecule has 17 heavy (non-hydrogen) atoms. The first kappa shape index (κ1) is 14.6. The Labute approximate surface area is 107 Å². The van der Waals surface area contributed by atoms with Crippen molar-refractivity contribution < 1.29 is 8.42 Å². The SMILES string of the molecule is CNCCS(=O)(=O)NC(C)c1cc(C)sc1C. The van der Waals surface area contributed by atoms with Gasteiger partial charge in [-0.2, -0.15) is 0 Å². The minimum absolute atomic E-state index is 0.107. The maximum Gasteiger partial charge on any atom is 0.213 e. The van der Waals surface area contributed by atoms with E-state index < -0.39 is 10.0 Å². The molecule has 0 saturated carbocycles. The second-order valence-electron chi connectivity index (χ2n) is 4.13. The van der Waals surface area contributed by atoms with Gasteiger partial charge in [-0.15, -0.1) is 11.3 Å². The summed E-state index contributed by atoms with van der Waals surface area (Å²) in [5, 5.41) is 2.84. The number of hydrogen-bond acceptors (Lipinski definition) is 4. The Morgan fingerprint density at radius 1 is 1.41 bits per heavy atom. The third-order valence-corrected chi connectivity index (χ3v) is 4.96. The van der Waals surface area contributed by atoms with Gasteiger partial charge in [0.15, 0.2) is 0 Å². The number of hydrogen-bond donors (Lipinski definition) is 2. The molecule has 0 saturated heterocycles. The molecule has 0 aromatic carbocycles. The minimum Gasteiger partial charge on any atom is -0.319 e. The summed E-state index contributed by atoms with van der Waals surface area (Å²) in [4.78, 5) is 2.38. The lowest BCUT2D eigenvalue weighted by Gasteiger charge is -2.14. The predicted molar refractivity (Wildman–Crippen MR) is 73.1 cm³/mol. The van der Waals surface area contributed by atoms with Gasteiger partial charge in [0.1, 0.15) is 0 Å². The summed E-state index contributed by atoms with van der Waals surface area (Å²) in [5.41, 5.74) is 1.07. The van der Waals surface area contributed by atoms with E-state index in [4.69, 9.17) is 0 Å². The molecular weight excluding hydrogens is 256 g/mol.